The van der Waals surface area contributed by atoms with Gasteiger partial charge in [0.2, 0.25) is 10.0 Å². The molecule has 4 nitrogen and oxygen atoms in total. The van der Waals surface area contributed by atoms with E-state index in [0.29, 0.717) is 11.5 Å². The SMILES string of the molecule is NS(=O)(=O)c1cccc(Oc2ccccc2)c1. The topological polar surface area (TPSA) is 69.4 Å². The molecule has 5 heteroatoms. The van der Waals surface area contributed by atoms with Crippen LogP contribution >= 0.6 is 0 Å². The first-order valence-corrected chi connectivity index (χ1v) is 6.46. The molecule has 88 valence electrons. The van der Waals surface area contributed by atoms with Crippen molar-refractivity contribution in [2.45, 2.75) is 4.90 Å². The Morgan fingerprint density at radius 3 is 2.18 bits per heavy atom. The van der Waals surface area contributed by atoms with Gasteiger partial charge in [0, 0.05) is 6.07 Å². The normalized spacial score (nSPS) is 11.1. The standard InChI is InChI=1S/C12H11NO3S/c13-17(14,15)12-8-4-7-11(9-12)16-10-5-2-1-3-6-10/h1-9H,(H2,13,14,15). The van der Waals surface area contributed by atoms with Crippen molar-refractivity contribution in [2.75, 3.05) is 0 Å². The third kappa shape index (κ3) is 3.05. The van der Waals surface area contributed by atoms with Crippen LogP contribution < -0.4 is 9.88 Å². The molecule has 0 saturated heterocycles. The van der Waals surface area contributed by atoms with Gasteiger partial charge < -0.3 is 4.74 Å². The van der Waals surface area contributed by atoms with Crippen molar-refractivity contribution < 1.29 is 13.2 Å². The fourth-order valence-corrected chi connectivity index (χ4v) is 1.89. The molecule has 0 heterocycles. The van der Waals surface area contributed by atoms with Gasteiger partial charge in [-0.05, 0) is 24.3 Å². The van der Waals surface area contributed by atoms with E-state index in [9.17, 15) is 8.42 Å². The van der Waals surface area contributed by atoms with E-state index < -0.39 is 10.0 Å². The second-order valence-electron chi connectivity index (χ2n) is 3.43. The Morgan fingerprint density at radius 1 is 0.882 bits per heavy atom. The number of hydrogen-bond donors (Lipinski definition) is 1. The number of rotatable bonds is 3. The highest BCUT2D eigenvalue weighted by molar-refractivity contribution is 7.89. The summed E-state index contributed by atoms with van der Waals surface area (Å²) >= 11 is 0. The van der Waals surface area contributed by atoms with Gasteiger partial charge in [-0.1, -0.05) is 24.3 Å². The average molecular weight is 249 g/mol. The zero-order valence-corrected chi connectivity index (χ0v) is 9.72. The average Bonchev–Trinajstić information content (AvgIpc) is 2.29. The summed E-state index contributed by atoms with van der Waals surface area (Å²) in [7, 11) is -3.70. The van der Waals surface area contributed by atoms with Gasteiger partial charge in [-0.3, -0.25) is 0 Å². The molecule has 2 aromatic rings. The first-order chi connectivity index (χ1) is 8.05. The number of primary sulfonamides is 1. The van der Waals surface area contributed by atoms with Crippen molar-refractivity contribution in [1.82, 2.24) is 0 Å². The van der Waals surface area contributed by atoms with Crippen molar-refractivity contribution in [3.8, 4) is 11.5 Å². The van der Waals surface area contributed by atoms with Gasteiger partial charge in [-0.25, -0.2) is 13.6 Å². The lowest BCUT2D eigenvalue weighted by atomic mass is 10.3. The van der Waals surface area contributed by atoms with Gasteiger partial charge in [-0.15, -0.1) is 0 Å². The van der Waals surface area contributed by atoms with Gasteiger partial charge in [0.1, 0.15) is 11.5 Å². The minimum atomic E-state index is -3.70. The van der Waals surface area contributed by atoms with Crippen molar-refractivity contribution >= 4 is 10.0 Å². The fraction of sp³-hybridized carbons (Fsp3) is 0. The lowest BCUT2D eigenvalue weighted by Gasteiger charge is -2.06. The highest BCUT2D eigenvalue weighted by Crippen LogP contribution is 2.22. The largest absolute Gasteiger partial charge is 0.457 e. The van der Waals surface area contributed by atoms with Gasteiger partial charge in [0.25, 0.3) is 0 Å². The maximum atomic E-state index is 11.2. The van der Waals surface area contributed by atoms with E-state index in [4.69, 9.17) is 9.88 Å². The Morgan fingerprint density at radius 2 is 1.53 bits per heavy atom. The Kier molecular flexibility index (Phi) is 3.12. The van der Waals surface area contributed by atoms with Crippen LogP contribution in [-0.2, 0) is 10.0 Å². The van der Waals surface area contributed by atoms with E-state index in [2.05, 4.69) is 0 Å². The second-order valence-corrected chi connectivity index (χ2v) is 5.00. The molecule has 2 rings (SSSR count). The highest BCUT2D eigenvalue weighted by Gasteiger charge is 2.08. The van der Waals surface area contributed by atoms with Crippen LogP contribution in [0.4, 0.5) is 0 Å². The van der Waals surface area contributed by atoms with E-state index in [0.717, 1.165) is 0 Å². The van der Waals surface area contributed by atoms with Crippen LogP contribution in [0.1, 0.15) is 0 Å². The summed E-state index contributed by atoms with van der Waals surface area (Å²) in [6.45, 7) is 0. The minimum Gasteiger partial charge on any atom is -0.457 e. The fourth-order valence-electron chi connectivity index (χ4n) is 1.34. The van der Waals surface area contributed by atoms with Crippen molar-refractivity contribution in [2.24, 2.45) is 5.14 Å². The number of sulfonamides is 1. The predicted octanol–water partition coefficient (Wildman–Crippen LogP) is 2.13. The van der Waals surface area contributed by atoms with Crippen LogP contribution in [0, 0.1) is 0 Å². The molecule has 0 fully saturated rings. The molecule has 0 unspecified atom stereocenters. The van der Waals surface area contributed by atoms with E-state index >= 15 is 0 Å². The van der Waals surface area contributed by atoms with Crippen LogP contribution in [-0.4, -0.2) is 8.42 Å². The number of nitrogens with two attached hydrogens (primary N) is 1. The molecular weight excluding hydrogens is 238 g/mol. The van der Waals surface area contributed by atoms with E-state index in [1.807, 2.05) is 18.2 Å². The number of hydrogen-bond acceptors (Lipinski definition) is 3. The summed E-state index contributed by atoms with van der Waals surface area (Å²) in [5.74, 6) is 1.07. The molecule has 0 aliphatic carbocycles. The smallest absolute Gasteiger partial charge is 0.238 e. The molecule has 0 atom stereocenters. The van der Waals surface area contributed by atoms with Crippen molar-refractivity contribution in [3.63, 3.8) is 0 Å². The lowest BCUT2D eigenvalue weighted by Crippen LogP contribution is -2.11. The predicted molar refractivity (Wildman–Crippen MR) is 64.3 cm³/mol. The maximum absolute atomic E-state index is 11.2. The van der Waals surface area contributed by atoms with Crippen LogP contribution in [0.15, 0.2) is 59.5 Å². The Hall–Kier alpha value is -1.85. The molecule has 0 aliphatic rings. The van der Waals surface area contributed by atoms with Gasteiger partial charge in [0.15, 0.2) is 0 Å². The van der Waals surface area contributed by atoms with E-state index in [1.54, 1.807) is 24.3 Å². The number of para-hydroxylation sites is 1. The first-order valence-electron chi connectivity index (χ1n) is 4.91. The minimum absolute atomic E-state index is 0.0333. The molecule has 0 radical (unpaired) electrons. The van der Waals surface area contributed by atoms with Crippen LogP contribution in [0.25, 0.3) is 0 Å². The first kappa shape index (κ1) is 11.6. The lowest BCUT2D eigenvalue weighted by molar-refractivity contribution is 0.480. The molecular formula is C12H11NO3S. The molecule has 2 aromatic carbocycles. The number of ether oxygens (including phenoxy) is 1. The molecule has 0 amide bonds. The molecule has 0 aliphatic heterocycles. The molecule has 2 N–H and O–H groups in total. The Bertz CT molecular complexity index is 609. The molecule has 0 aromatic heterocycles. The van der Waals surface area contributed by atoms with E-state index in [-0.39, 0.29) is 4.90 Å². The summed E-state index contributed by atoms with van der Waals surface area (Å²) < 4.78 is 27.8. The summed E-state index contributed by atoms with van der Waals surface area (Å²) in [4.78, 5) is 0.0333. The summed E-state index contributed by atoms with van der Waals surface area (Å²) in [6.07, 6.45) is 0. The maximum Gasteiger partial charge on any atom is 0.238 e. The van der Waals surface area contributed by atoms with Crippen molar-refractivity contribution in [1.29, 1.82) is 0 Å². The second kappa shape index (κ2) is 4.57. The molecule has 0 saturated carbocycles. The van der Waals surface area contributed by atoms with Crippen LogP contribution in [0.2, 0.25) is 0 Å². The summed E-state index contributed by atoms with van der Waals surface area (Å²) in [5, 5.41) is 5.04. The molecule has 17 heavy (non-hydrogen) atoms. The van der Waals surface area contributed by atoms with Crippen LogP contribution in [0.3, 0.4) is 0 Å². The summed E-state index contributed by atoms with van der Waals surface area (Å²) in [5.41, 5.74) is 0. The monoisotopic (exact) mass is 249 g/mol. The molecule has 0 spiro atoms. The van der Waals surface area contributed by atoms with Gasteiger partial charge in [0.05, 0.1) is 4.90 Å². The van der Waals surface area contributed by atoms with E-state index in [1.165, 1.54) is 12.1 Å². The quantitative estimate of drug-likeness (QED) is 0.905. The zero-order chi connectivity index (χ0) is 12.3. The number of benzene rings is 2. The Labute approximate surface area is 99.7 Å². The Balaban J connectivity index is 2.29. The third-order valence-electron chi connectivity index (χ3n) is 2.11. The third-order valence-corrected chi connectivity index (χ3v) is 3.02. The van der Waals surface area contributed by atoms with Crippen LogP contribution in [0.5, 0.6) is 11.5 Å². The zero-order valence-electron chi connectivity index (χ0n) is 8.91. The van der Waals surface area contributed by atoms with Crippen molar-refractivity contribution in [3.05, 3.63) is 54.6 Å². The molecule has 0 bridgehead atoms. The summed E-state index contributed by atoms with van der Waals surface area (Å²) in [6, 6.07) is 15.2. The van der Waals surface area contributed by atoms with Gasteiger partial charge in [-0.2, -0.15) is 0 Å². The van der Waals surface area contributed by atoms with Gasteiger partial charge >= 0.3 is 0 Å². The highest BCUT2D eigenvalue weighted by atomic mass is 32.2.